The van der Waals surface area contributed by atoms with E-state index in [1.807, 2.05) is 0 Å². The average molecular weight is 222 g/mol. The maximum Gasteiger partial charge on any atom is 0.202 e. The van der Waals surface area contributed by atoms with Crippen LogP contribution in [0.1, 0.15) is 6.92 Å². The van der Waals surface area contributed by atoms with Gasteiger partial charge in [-0.15, -0.1) is 0 Å². The molecule has 0 bridgehead atoms. The van der Waals surface area contributed by atoms with Crippen LogP contribution in [0, 0.1) is 0 Å². The molecule has 1 rings (SSSR count). The first-order valence-electron chi connectivity index (χ1n) is 4.39. The van der Waals surface area contributed by atoms with Crippen LogP contribution in [-0.4, -0.2) is 68.1 Å². The quantitative estimate of drug-likeness (QED) is 0.332. The van der Waals surface area contributed by atoms with Crippen molar-refractivity contribution in [1.29, 1.82) is 0 Å². The van der Waals surface area contributed by atoms with Crippen LogP contribution in [0.3, 0.4) is 0 Å². The third kappa shape index (κ3) is 1.78. The van der Waals surface area contributed by atoms with E-state index in [0.717, 1.165) is 6.92 Å². The van der Waals surface area contributed by atoms with Crippen LogP contribution in [0.15, 0.2) is 0 Å². The Morgan fingerprint density at radius 1 is 1.40 bits per heavy atom. The molecule has 7 nitrogen and oxygen atoms in total. The number of rotatable bonds is 2. The van der Waals surface area contributed by atoms with Crippen LogP contribution < -0.4 is 0 Å². The van der Waals surface area contributed by atoms with Gasteiger partial charge in [-0.1, -0.05) is 0 Å². The first-order valence-corrected chi connectivity index (χ1v) is 4.39. The van der Waals surface area contributed by atoms with Gasteiger partial charge in [0.1, 0.15) is 18.3 Å². The van der Waals surface area contributed by atoms with E-state index in [4.69, 9.17) is 5.11 Å². The Labute approximate surface area is 85.5 Å². The number of ketones is 1. The number of aliphatic hydroxyl groups is 5. The van der Waals surface area contributed by atoms with Crippen LogP contribution in [0.2, 0.25) is 0 Å². The van der Waals surface area contributed by atoms with Gasteiger partial charge in [0.05, 0.1) is 6.61 Å². The van der Waals surface area contributed by atoms with Crippen LogP contribution in [0.4, 0.5) is 0 Å². The average Bonchev–Trinajstić information content (AvgIpc) is 2.20. The van der Waals surface area contributed by atoms with Crippen molar-refractivity contribution in [2.75, 3.05) is 6.61 Å². The summed E-state index contributed by atoms with van der Waals surface area (Å²) in [7, 11) is 0. The lowest BCUT2D eigenvalue weighted by Gasteiger charge is -2.44. The first-order chi connectivity index (χ1) is 6.85. The van der Waals surface area contributed by atoms with Gasteiger partial charge >= 0.3 is 0 Å². The molecular weight excluding hydrogens is 208 g/mol. The summed E-state index contributed by atoms with van der Waals surface area (Å²) in [5.74, 6) is -0.932. The zero-order valence-corrected chi connectivity index (χ0v) is 8.07. The molecule has 0 aromatic rings. The van der Waals surface area contributed by atoms with Crippen molar-refractivity contribution in [2.24, 2.45) is 0 Å². The zero-order valence-electron chi connectivity index (χ0n) is 8.07. The van der Waals surface area contributed by atoms with E-state index >= 15 is 0 Å². The summed E-state index contributed by atoms with van der Waals surface area (Å²) in [6, 6.07) is 0. The number of Topliss-reactive ketones (excluding diaryl/α,β-unsaturated/α-hetero) is 1. The molecule has 1 fully saturated rings. The monoisotopic (exact) mass is 222 g/mol. The predicted octanol–water partition coefficient (Wildman–Crippen LogP) is -3.26. The molecule has 5 unspecified atom stereocenters. The van der Waals surface area contributed by atoms with Gasteiger partial charge in [0.15, 0.2) is 12.1 Å². The van der Waals surface area contributed by atoms with Crippen molar-refractivity contribution in [2.45, 2.75) is 37.1 Å². The summed E-state index contributed by atoms with van der Waals surface area (Å²) in [5, 5.41) is 46.5. The molecule has 1 heterocycles. The van der Waals surface area contributed by atoms with Gasteiger partial charge in [-0.05, 0) is 6.92 Å². The van der Waals surface area contributed by atoms with Crippen molar-refractivity contribution < 1.29 is 35.1 Å². The van der Waals surface area contributed by atoms with Crippen LogP contribution >= 0.6 is 0 Å². The summed E-state index contributed by atoms with van der Waals surface area (Å²) < 4.78 is 4.62. The summed E-state index contributed by atoms with van der Waals surface area (Å²) in [5.41, 5.74) is -2.56. The van der Waals surface area contributed by atoms with Crippen molar-refractivity contribution in [3.8, 4) is 0 Å². The molecule has 1 aliphatic heterocycles. The van der Waals surface area contributed by atoms with Gasteiger partial charge in [0.25, 0.3) is 0 Å². The Morgan fingerprint density at radius 2 is 1.93 bits per heavy atom. The molecule has 88 valence electrons. The highest BCUT2D eigenvalue weighted by Crippen LogP contribution is 2.29. The lowest BCUT2D eigenvalue weighted by Crippen LogP contribution is -2.69. The molecule has 5 N–H and O–H groups in total. The van der Waals surface area contributed by atoms with E-state index in [1.54, 1.807) is 0 Å². The van der Waals surface area contributed by atoms with Crippen molar-refractivity contribution >= 4 is 5.78 Å². The molecule has 5 atom stereocenters. The van der Waals surface area contributed by atoms with Crippen LogP contribution in [0.5, 0.6) is 0 Å². The summed E-state index contributed by atoms with van der Waals surface area (Å²) in [4.78, 5) is 11.1. The van der Waals surface area contributed by atoms with Gasteiger partial charge in [-0.25, -0.2) is 0 Å². The van der Waals surface area contributed by atoms with Gasteiger partial charge < -0.3 is 30.3 Å². The minimum Gasteiger partial charge on any atom is -0.394 e. The fourth-order valence-electron chi connectivity index (χ4n) is 1.49. The number of aliphatic hydroxyl groups excluding tert-OH is 4. The van der Waals surface area contributed by atoms with Crippen LogP contribution in [-0.2, 0) is 9.53 Å². The molecule has 0 radical (unpaired) electrons. The fraction of sp³-hybridized carbons (Fsp3) is 0.875. The second-order valence-electron chi connectivity index (χ2n) is 3.53. The Morgan fingerprint density at radius 3 is 2.33 bits per heavy atom. The summed E-state index contributed by atoms with van der Waals surface area (Å²) in [6.45, 7) is 0.297. The number of ether oxygens (including phenoxy) is 1. The second-order valence-corrected chi connectivity index (χ2v) is 3.53. The second kappa shape index (κ2) is 4.12. The molecule has 1 saturated heterocycles. The Balaban J connectivity index is 2.98. The molecule has 0 spiro atoms. The number of carbonyl (C=O) groups is 1. The van der Waals surface area contributed by atoms with Gasteiger partial charge in [0, 0.05) is 0 Å². The SMILES string of the molecule is CC(=O)C1(O)C(O)OC(CO)C(O)C1O. The highest BCUT2D eigenvalue weighted by molar-refractivity contribution is 5.86. The fourth-order valence-corrected chi connectivity index (χ4v) is 1.49. The van der Waals surface area contributed by atoms with E-state index in [9.17, 15) is 25.2 Å². The Hall–Kier alpha value is -0.570. The highest BCUT2D eigenvalue weighted by Gasteiger charge is 2.57. The number of hydrogen-bond acceptors (Lipinski definition) is 7. The minimum atomic E-state index is -2.56. The van der Waals surface area contributed by atoms with Crippen molar-refractivity contribution in [3.05, 3.63) is 0 Å². The largest absolute Gasteiger partial charge is 0.394 e. The standard InChI is InChI=1S/C8H14O7/c1-3(10)8(14)6(12)5(11)4(2-9)15-7(8)13/h4-7,9,11-14H,2H2,1H3. The molecule has 0 saturated carbocycles. The van der Waals surface area contributed by atoms with Crippen LogP contribution in [0.25, 0.3) is 0 Å². The molecule has 15 heavy (non-hydrogen) atoms. The zero-order chi connectivity index (χ0) is 11.8. The number of hydrogen-bond donors (Lipinski definition) is 5. The molecule has 0 aliphatic carbocycles. The maximum absolute atomic E-state index is 11.1. The highest BCUT2D eigenvalue weighted by atomic mass is 16.6. The van der Waals surface area contributed by atoms with E-state index < -0.39 is 42.6 Å². The molecule has 0 aromatic carbocycles. The van der Waals surface area contributed by atoms with E-state index in [2.05, 4.69) is 4.74 Å². The number of carbonyl (C=O) groups excluding carboxylic acids is 1. The molecular formula is C8H14O7. The normalized spacial score (nSPS) is 46.5. The molecule has 0 amide bonds. The van der Waals surface area contributed by atoms with Gasteiger partial charge in [-0.2, -0.15) is 0 Å². The summed E-state index contributed by atoms with van der Waals surface area (Å²) in [6.07, 6.45) is -6.77. The van der Waals surface area contributed by atoms with Gasteiger partial charge in [0.2, 0.25) is 5.60 Å². The Bertz CT molecular complexity index is 255. The van der Waals surface area contributed by atoms with E-state index in [-0.39, 0.29) is 0 Å². The topological polar surface area (TPSA) is 127 Å². The third-order valence-corrected chi connectivity index (χ3v) is 2.58. The predicted molar refractivity (Wildman–Crippen MR) is 45.6 cm³/mol. The minimum absolute atomic E-state index is 0.650. The lowest BCUT2D eigenvalue weighted by atomic mass is 9.84. The van der Waals surface area contributed by atoms with Gasteiger partial charge in [-0.3, -0.25) is 4.79 Å². The van der Waals surface area contributed by atoms with Crippen molar-refractivity contribution in [3.63, 3.8) is 0 Å². The van der Waals surface area contributed by atoms with Crippen molar-refractivity contribution in [1.82, 2.24) is 0 Å². The molecule has 7 heteroatoms. The molecule has 0 aromatic heterocycles. The lowest BCUT2D eigenvalue weighted by molar-refractivity contribution is -0.316. The maximum atomic E-state index is 11.1. The summed E-state index contributed by atoms with van der Waals surface area (Å²) >= 11 is 0. The van der Waals surface area contributed by atoms with E-state index in [1.165, 1.54) is 0 Å². The molecule has 1 aliphatic rings. The smallest absolute Gasteiger partial charge is 0.202 e. The first kappa shape index (κ1) is 12.5. The van der Waals surface area contributed by atoms with E-state index in [0.29, 0.717) is 0 Å². The Kier molecular flexibility index (Phi) is 3.44. The third-order valence-electron chi connectivity index (χ3n) is 2.58.